The Labute approximate surface area is 280 Å². The molecule has 0 aliphatic carbocycles. The number of amides is 2. The maximum atomic E-state index is 12.5. The van der Waals surface area contributed by atoms with Gasteiger partial charge in [0.05, 0.1) is 13.2 Å². The fourth-order valence-corrected chi connectivity index (χ4v) is 5.36. The summed E-state index contributed by atoms with van der Waals surface area (Å²) in [5, 5.41) is 22.4. The van der Waals surface area contributed by atoms with Crippen molar-refractivity contribution in [1.29, 1.82) is 0 Å². The van der Waals surface area contributed by atoms with Crippen molar-refractivity contribution >= 4 is 23.8 Å². The van der Waals surface area contributed by atoms with Gasteiger partial charge in [0.15, 0.2) is 0 Å². The lowest BCUT2D eigenvalue weighted by molar-refractivity contribution is -0.150. The maximum absolute atomic E-state index is 12.5. The predicted octanol–water partition coefficient (Wildman–Crippen LogP) is 7.92. The molecule has 0 saturated carbocycles. The summed E-state index contributed by atoms with van der Waals surface area (Å²) < 4.78 is 5.85. The number of aliphatic hydroxyl groups excluding tert-OH is 1. The van der Waals surface area contributed by atoms with Gasteiger partial charge < -0.3 is 25.6 Å². The molecule has 0 rings (SSSR count). The highest BCUT2D eigenvalue weighted by Crippen LogP contribution is 2.17. The second-order valence-electron chi connectivity index (χ2n) is 12.7. The number of nitrogens with one attached hydrogen (secondary N) is 2. The molecule has 9 heteroatoms. The number of rotatable bonds is 33. The molecule has 0 bridgehead atoms. The van der Waals surface area contributed by atoms with Crippen LogP contribution in [0.15, 0.2) is 12.2 Å². The van der Waals surface area contributed by atoms with E-state index in [2.05, 4.69) is 36.6 Å². The van der Waals surface area contributed by atoms with E-state index in [4.69, 9.17) is 14.9 Å². The summed E-state index contributed by atoms with van der Waals surface area (Å²) in [6.45, 7) is 3.36. The zero-order valence-corrected chi connectivity index (χ0v) is 29.3. The van der Waals surface area contributed by atoms with E-state index < -0.39 is 24.5 Å². The molecule has 2 atom stereocenters. The molecule has 268 valence electrons. The Bertz CT molecular complexity index is 803. The van der Waals surface area contributed by atoms with Gasteiger partial charge in [0.1, 0.15) is 12.1 Å². The Kier molecular flexibility index (Phi) is 30.8. The number of carbonyl (C=O) groups excluding carboxylic acids is 3. The van der Waals surface area contributed by atoms with E-state index >= 15 is 0 Å². The Hall–Kier alpha value is -2.42. The molecule has 0 heterocycles. The van der Waals surface area contributed by atoms with Crippen LogP contribution in [0.25, 0.3) is 0 Å². The number of carboxylic acid groups (broad SMARTS) is 1. The minimum atomic E-state index is -1.39. The molecule has 0 aromatic rings. The summed E-state index contributed by atoms with van der Waals surface area (Å²) in [6.07, 6.45) is 31.4. The lowest BCUT2D eigenvalue weighted by Crippen LogP contribution is -2.47. The van der Waals surface area contributed by atoms with Gasteiger partial charge in [-0.25, -0.2) is 4.79 Å². The zero-order chi connectivity index (χ0) is 34.1. The molecular weight excluding hydrogens is 584 g/mol. The van der Waals surface area contributed by atoms with E-state index in [0.29, 0.717) is 12.8 Å². The van der Waals surface area contributed by atoms with Crippen LogP contribution in [0.5, 0.6) is 0 Å². The summed E-state index contributed by atoms with van der Waals surface area (Å²) >= 11 is 0. The number of allylic oxidation sites excluding steroid dienone is 2. The van der Waals surface area contributed by atoms with E-state index in [0.717, 1.165) is 57.8 Å². The Morgan fingerprint density at radius 1 is 0.630 bits per heavy atom. The number of esters is 1. The Morgan fingerprint density at radius 2 is 1.11 bits per heavy atom. The smallest absolute Gasteiger partial charge is 0.328 e. The van der Waals surface area contributed by atoms with Crippen LogP contribution in [0.3, 0.4) is 0 Å². The number of aliphatic hydroxyl groups is 1. The van der Waals surface area contributed by atoms with Crippen LogP contribution in [0.4, 0.5) is 0 Å². The standard InChI is InChI=1S/C37H68N2O7/c1-3-5-7-8-9-10-11-12-13-14-15-16-17-18-19-20-25-29-36(43)46-32(26-22-6-4-2)27-23-21-24-28-34(41)38-30-35(42)39-33(31-40)37(44)45/h12-13,32-33,40H,3-11,14-31H2,1-2H3,(H,38,41)(H,39,42)(H,44,45)/b13-12-. The third-order valence-corrected chi connectivity index (χ3v) is 8.26. The summed E-state index contributed by atoms with van der Waals surface area (Å²) in [5.41, 5.74) is 0. The molecule has 2 unspecified atom stereocenters. The van der Waals surface area contributed by atoms with Gasteiger partial charge in [-0.15, -0.1) is 0 Å². The van der Waals surface area contributed by atoms with Crippen LogP contribution in [0.2, 0.25) is 0 Å². The summed E-state index contributed by atoms with van der Waals surface area (Å²) in [6, 6.07) is -1.39. The van der Waals surface area contributed by atoms with Crippen molar-refractivity contribution < 1.29 is 34.1 Å². The van der Waals surface area contributed by atoms with E-state index in [1.54, 1.807) is 0 Å². The largest absolute Gasteiger partial charge is 0.480 e. The van der Waals surface area contributed by atoms with Crippen LogP contribution in [0, 0.1) is 0 Å². The lowest BCUT2D eigenvalue weighted by atomic mass is 10.0. The van der Waals surface area contributed by atoms with Crippen molar-refractivity contribution in [3.05, 3.63) is 12.2 Å². The van der Waals surface area contributed by atoms with Crippen molar-refractivity contribution in [1.82, 2.24) is 10.6 Å². The highest BCUT2D eigenvalue weighted by molar-refractivity contribution is 5.87. The SMILES string of the molecule is CCCCCCCC/C=C\CCCCCCCCCC(=O)OC(CCCCC)CCCCCC(=O)NCC(=O)NC(CO)C(=O)O. The van der Waals surface area contributed by atoms with E-state index in [-0.39, 0.29) is 30.9 Å². The first-order chi connectivity index (χ1) is 22.3. The molecule has 46 heavy (non-hydrogen) atoms. The molecular formula is C37H68N2O7. The van der Waals surface area contributed by atoms with Crippen molar-refractivity contribution in [2.45, 2.75) is 187 Å². The highest BCUT2D eigenvalue weighted by atomic mass is 16.5. The molecule has 0 radical (unpaired) electrons. The highest BCUT2D eigenvalue weighted by Gasteiger charge is 2.19. The minimum Gasteiger partial charge on any atom is -0.480 e. The monoisotopic (exact) mass is 653 g/mol. The fourth-order valence-electron chi connectivity index (χ4n) is 5.36. The summed E-state index contributed by atoms with van der Waals surface area (Å²) in [5.74, 6) is -2.39. The Balaban J connectivity index is 3.94. The van der Waals surface area contributed by atoms with Crippen molar-refractivity contribution in [2.75, 3.05) is 13.2 Å². The zero-order valence-electron chi connectivity index (χ0n) is 29.3. The maximum Gasteiger partial charge on any atom is 0.328 e. The lowest BCUT2D eigenvalue weighted by Gasteiger charge is -2.18. The van der Waals surface area contributed by atoms with Gasteiger partial charge in [0.2, 0.25) is 11.8 Å². The number of carbonyl (C=O) groups is 4. The van der Waals surface area contributed by atoms with Crippen molar-refractivity contribution in [2.24, 2.45) is 0 Å². The molecule has 0 aromatic heterocycles. The van der Waals surface area contributed by atoms with Crippen LogP contribution < -0.4 is 10.6 Å². The summed E-state index contributed by atoms with van der Waals surface area (Å²) in [4.78, 5) is 47.1. The number of hydrogen-bond acceptors (Lipinski definition) is 6. The molecule has 0 aromatic carbocycles. The Morgan fingerprint density at radius 3 is 1.67 bits per heavy atom. The van der Waals surface area contributed by atoms with E-state index in [1.807, 2.05) is 0 Å². The molecule has 0 aliphatic heterocycles. The fraction of sp³-hybridized carbons (Fsp3) is 0.838. The van der Waals surface area contributed by atoms with E-state index in [9.17, 15) is 19.2 Å². The normalized spacial score (nSPS) is 12.6. The van der Waals surface area contributed by atoms with Gasteiger partial charge >= 0.3 is 11.9 Å². The quantitative estimate of drug-likeness (QED) is 0.0320. The molecule has 4 N–H and O–H groups in total. The van der Waals surface area contributed by atoms with Crippen molar-refractivity contribution in [3.63, 3.8) is 0 Å². The van der Waals surface area contributed by atoms with Gasteiger partial charge in [-0.3, -0.25) is 14.4 Å². The van der Waals surface area contributed by atoms with Crippen LogP contribution in [0.1, 0.15) is 174 Å². The van der Waals surface area contributed by atoms with E-state index in [1.165, 1.54) is 83.5 Å². The first-order valence-corrected chi connectivity index (χ1v) is 18.6. The van der Waals surface area contributed by atoms with Crippen LogP contribution >= 0.6 is 0 Å². The number of carboxylic acids is 1. The minimum absolute atomic E-state index is 0.0786. The van der Waals surface area contributed by atoms with Gasteiger partial charge in [-0.05, 0) is 64.2 Å². The van der Waals surface area contributed by atoms with Gasteiger partial charge in [-0.2, -0.15) is 0 Å². The number of aliphatic carboxylic acids is 1. The second kappa shape index (κ2) is 32.5. The first-order valence-electron chi connectivity index (χ1n) is 18.6. The van der Waals surface area contributed by atoms with Crippen molar-refractivity contribution in [3.8, 4) is 0 Å². The molecule has 0 aliphatic rings. The third kappa shape index (κ3) is 29.0. The third-order valence-electron chi connectivity index (χ3n) is 8.26. The number of hydrogen-bond donors (Lipinski definition) is 4. The van der Waals surface area contributed by atoms with Gasteiger partial charge in [0.25, 0.3) is 0 Å². The molecule has 0 fully saturated rings. The molecule has 2 amide bonds. The van der Waals surface area contributed by atoms with Crippen LogP contribution in [-0.2, 0) is 23.9 Å². The first kappa shape index (κ1) is 43.6. The average molecular weight is 653 g/mol. The number of unbranched alkanes of at least 4 members (excludes halogenated alkanes) is 17. The molecule has 0 saturated heterocycles. The molecule has 0 spiro atoms. The van der Waals surface area contributed by atoms with Gasteiger partial charge in [0, 0.05) is 12.8 Å². The van der Waals surface area contributed by atoms with Gasteiger partial charge in [-0.1, -0.05) is 109 Å². The topological polar surface area (TPSA) is 142 Å². The predicted molar refractivity (Wildman–Crippen MR) is 185 cm³/mol. The number of ether oxygens (including phenoxy) is 1. The van der Waals surface area contributed by atoms with Crippen LogP contribution in [-0.4, -0.2) is 59.3 Å². The molecule has 9 nitrogen and oxygen atoms in total. The summed E-state index contributed by atoms with van der Waals surface area (Å²) in [7, 11) is 0. The average Bonchev–Trinajstić information content (AvgIpc) is 3.03. The second-order valence-corrected chi connectivity index (χ2v) is 12.7.